The van der Waals surface area contributed by atoms with E-state index in [1.807, 2.05) is 0 Å². The van der Waals surface area contributed by atoms with E-state index >= 15 is 0 Å². The van der Waals surface area contributed by atoms with Crippen LogP contribution in [0.4, 0.5) is 0 Å². The highest BCUT2D eigenvalue weighted by Gasteiger charge is 2.48. The molecule has 1 aliphatic heterocycles. The molecule has 2 heterocycles. The van der Waals surface area contributed by atoms with Gasteiger partial charge in [-0.3, -0.25) is 4.90 Å². The smallest absolute Gasteiger partial charge is 0.212 e. The van der Waals surface area contributed by atoms with Gasteiger partial charge in [0.15, 0.2) is 14.1 Å². The average molecular weight is 517 g/mol. The molecule has 37 heavy (non-hydrogen) atoms. The third kappa shape index (κ3) is 5.23. The number of hydrogen-bond donors (Lipinski definition) is 0. The number of oxazole rings is 1. The van der Waals surface area contributed by atoms with Crippen molar-refractivity contribution < 1.29 is 8.84 Å². The van der Waals surface area contributed by atoms with Gasteiger partial charge in [-0.2, -0.15) is 0 Å². The molecule has 198 valence electrons. The Balaban J connectivity index is 1.51. The predicted octanol–water partition coefficient (Wildman–Crippen LogP) is 8.72. The van der Waals surface area contributed by atoms with E-state index in [1.54, 1.807) is 0 Å². The van der Waals surface area contributed by atoms with Gasteiger partial charge in [-0.25, -0.2) is 4.98 Å². The van der Waals surface area contributed by atoms with Gasteiger partial charge in [0.05, 0.1) is 6.04 Å². The molecule has 2 aromatic carbocycles. The summed E-state index contributed by atoms with van der Waals surface area (Å²) in [7, 11) is -1.82. The molecule has 0 N–H and O–H groups in total. The van der Waals surface area contributed by atoms with Gasteiger partial charge in [0.2, 0.25) is 5.89 Å². The van der Waals surface area contributed by atoms with E-state index in [1.165, 1.54) is 25.7 Å². The first kappa shape index (κ1) is 26.4. The van der Waals surface area contributed by atoms with Crippen molar-refractivity contribution in [3.8, 4) is 22.6 Å². The molecule has 1 saturated carbocycles. The van der Waals surface area contributed by atoms with E-state index in [4.69, 9.17) is 13.8 Å². The first-order valence-electron chi connectivity index (χ1n) is 14.2. The summed E-state index contributed by atoms with van der Waals surface area (Å²) in [5.74, 6) is 2.49. The molecular weight excluding hydrogens is 472 g/mol. The number of nitrogens with zero attached hydrogens (tertiary/aromatic N) is 2. The number of fused-ring (bicyclic) bond motifs is 1. The van der Waals surface area contributed by atoms with Gasteiger partial charge in [-0.15, -0.1) is 0 Å². The Morgan fingerprint density at radius 3 is 2.27 bits per heavy atom. The Morgan fingerprint density at radius 2 is 1.65 bits per heavy atom. The van der Waals surface area contributed by atoms with Crippen molar-refractivity contribution in [3.05, 3.63) is 66.6 Å². The topological polar surface area (TPSA) is 38.5 Å². The van der Waals surface area contributed by atoms with Crippen molar-refractivity contribution in [1.82, 2.24) is 9.88 Å². The first-order valence-corrected chi connectivity index (χ1v) is 17.1. The van der Waals surface area contributed by atoms with Crippen LogP contribution in [0.25, 0.3) is 22.6 Å². The Kier molecular flexibility index (Phi) is 7.50. The maximum atomic E-state index is 6.82. The number of likely N-dealkylation sites (tertiary alicyclic amines) is 1. The minimum Gasteiger partial charge on any atom is -0.438 e. The predicted molar refractivity (Wildman–Crippen MR) is 155 cm³/mol. The zero-order valence-corrected chi connectivity index (χ0v) is 24.5. The monoisotopic (exact) mass is 516 g/mol. The Hall–Kier alpha value is -2.21. The van der Waals surface area contributed by atoms with Crippen LogP contribution in [-0.2, 0) is 4.43 Å². The molecule has 1 aromatic heterocycles. The van der Waals surface area contributed by atoms with Crippen molar-refractivity contribution in [2.75, 3.05) is 6.61 Å². The highest BCUT2D eigenvalue weighted by atomic mass is 28.4. The highest BCUT2D eigenvalue weighted by molar-refractivity contribution is 6.74. The molecule has 1 aliphatic carbocycles. The number of rotatable bonds is 8. The van der Waals surface area contributed by atoms with Gasteiger partial charge in [-0.1, -0.05) is 94.8 Å². The van der Waals surface area contributed by atoms with Crippen molar-refractivity contribution >= 4 is 8.32 Å². The summed E-state index contributed by atoms with van der Waals surface area (Å²) in [6, 6.07) is 22.1. The van der Waals surface area contributed by atoms with Gasteiger partial charge in [-0.05, 0) is 49.7 Å². The van der Waals surface area contributed by atoms with Crippen LogP contribution in [0.3, 0.4) is 0 Å². The van der Waals surface area contributed by atoms with Crippen LogP contribution in [0.1, 0.15) is 71.7 Å². The normalized spacial score (nSPS) is 23.4. The van der Waals surface area contributed by atoms with E-state index < -0.39 is 8.32 Å². The largest absolute Gasteiger partial charge is 0.438 e. The maximum absolute atomic E-state index is 6.82. The molecule has 0 radical (unpaired) electrons. The van der Waals surface area contributed by atoms with E-state index in [0.717, 1.165) is 47.4 Å². The van der Waals surface area contributed by atoms with E-state index in [-0.39, 0.29) is 11.1 Å². The second-order valence-electron chi connectivity index (χ2n) is 12.6. The third-order valence-corrected chi connectivity index (χ3v) is 13.7. The lowest BCUT2D eigenvalue weighted by Gasteiger charge is -2.40. The standard InChI is InChI=1S/C32H44N2O2Si/c1-7-27(34-26(21-25-19-14-20-28(25)34)22-35-37(5,6)32(2,3)4)31-33-29(23-15-10-8-11-16-23)30(36-31)24-17-12-9-13-18-24/h8-13,15-18,25-28H,7,14,19-22H2,1-6H3. The Bertz CT molecular complexity index is 1110. The van der Waals surface area contributed by atoms with Gasteiger partial charge in [0, 0.05) is 29.8 Å². The van der Waals surface area contributed by atoms with Crippen LogP contribution in [0.2, 0.25) is 18.1 Å². The van der Waals surface area contributed by atoms with Gasteiger partial charge in [0.25, 0.3) is 0 Å². The summed E-state index contributed by atoms with van der Waals surface area (Å²) in [5.41, 5.74) is 3.12. The zero-order valence-electron chi connectivity index (χ0n) is 23.5. The molecule has 0 spiro atoms. The number of benzene rings is 2. The molecular formula is C32H44N2O2Si. The number of hydrogen-bond acceptors (Lipinski definition) is 4. The molecule has 5 rings (SSSR count). The average Bonchev–Trinajstić information content (AvgIpc) is 3.60. The fourth-order valence-electron chi connectivity index (χ4n) is 6.16. The third-order valence-electron chi connectivity index (χ3n) is 9.20. The second-order valence-corrected chi connectivity index (χ2v) is 17.4. The van der Waals surface area contributed by atoms with Crippen molar-refractivity contribution in [2.24, 2.45) is 5.92 Å². The maximum Gasteiger partial charge on any atom is 0.212 e. The van der Waals surface area contributed by atoms with Crippen LogP contribution in [0, 0.1) is 5.92 Å². The molecule has 5 heteroatoms. The summed E-state index contributed by atoms with van der Waals surface area (Å²) < 4.78 is 13.5. The lowest BCUT2D eigenvalue weighted by atomic mass is 10.0. The van der Waals surface area contributed by atoms with Crippen LogP contribution in [0.15, 0.2) is 65.1 Å². The Morgan fingerprint density at radius 1 is 1.00 bits per heavy atom. The van der Waals surface area contributed by atoms with Gasteiger partial charge in [0.1, 0.15) is 5.69 Å². The Labute approximate surface area is 224 Å². The first-order chi connectivity index (χ1) is 17.7. The molecule has 0 amide bonds. The molecule has 2 aliphatic rings. The van der Waals surface area contributed by atoms with Gasteiger partial charge < -0.3 is 8.84 Å². The zero-order chi connectivity index (χ0) is 26.2. The molecule has 4 unspecified atom stereocenters. The van der Waals surface area contributed by atoms with Crippen molar-refractivity contribution in [1.29, 1.82) is 0 Å². The summed E-state index contributed by atoms with van der Waals surface area (Å²) >= 11 is 0. The van der Waals surface area contributed by atoms with Crippen LogP contribution >= 0.6 is 0 Å². The number of aromatic nitrogens is 1. The molecule has 3 aromatic rings. The molecule has 0 bridgehead atoms. The second kappa shape index (κ2) is 10.5. The summed E-state index contributed by atoms with van der Waals surface area (Å²) in [6.45, 7) is 14.8. The van der Waals surface area contributed by atoms with Crippen molar-refractivity contribution in [3.63, 3.8) is 0 Å². The SMILES string of the molecule is CCC(c1nc(-c2ccccc2)c(-c2ccccc2)o1)N1C(CO[Si](C)(C)C(C)(C)C)CC2CCCC21. The molecule has 4 atom stereocenters. The molecule has 1 saturated heterocycles. The lowest BCUT2D eigenvalue weighted by Crippen LogP contribution is -2.46. The van der Waals surface area contributed by atoms with E-state index in [9.17, 15) is 0 Å². The highest BCUT2D eigenvalue weighted by Crippen LogP contribution is 2.48. The van der Waals surface area contributed by atoms with E-state index in [2.05, 4.69) is 106 Å². The summed E-state index contributed by atoms with van der Waals surface area (Å²) in [5, 5.41) is 0.216. The van der Waals surface area contributed by atoms with Crippen LogP contribution in [-0.4, -0.2) is 36.9 Å². The lowest BCUT2D eigenvalue weighted by molar-refractivity contribution is 0.0699. The molecule has 4 nitrogen and oxygen atoms in total. The van der Waals surface area contributed by atoms with E-state index in [0.29, 0.717) is 12.1 Å². The van der Waals surface area contributed by atoms with Gasteiger partial charge >= 0.3 is 0 Å². The fraction of sp³-hybridized carbons (Fsp3) is 0.531. The fourth-order valence-corrected chi connectivity index (χ4v) is 7.20. The minimum absolute atomic E-state index is 0.154. The van der Waals surface area contributed by atoms with Crippen molar-refractivity contribution in [2.45, 2.75) is 96.1 Å². The molecule has 2 fully saturated rings. The quantitative estimate of drug-likeness (QED) is 0.281. The van der Waals surface area contributed by atoms with Crippen LogP contribution < -0.4 is 0 Å². The van der Waals surface area contributed by atoms with Crippen LogP contribution in [0.5, 0.6) is 0 Å². The summed E-state index contributed by atoms with van der Waals surface area (Å²) in [6.07, 6.45) is 6.14. The minimum atomic E-state index is -1.82. The summed E-state index contributed by atoms with van der Waals surface area (Å²) in [4.78, 5) is 7.99.